The second kappa shape index (κ2) is 3.56. The van der Waals surface area contributed by atoms with Gasteiger partial charge in [0.2, 0.25) is 11.8 Å². The van der Waals surface area contributed by atoms with Crippen LogP contribution in [-0.4, -0.2) is 17.9 Å². The monoisotopic (exact) mass is 170 g/mol. The zero-order chi connectivity index (χ0) is 9.14. The van der Waals surface area contributed by atoms with Crippen molar-refractivity contribution >= 4 is 11.8 Å². The van der Waals surface area contributed by atoms with Crippen LogP contribution in [0, 0.1) is 5.92 Å². The zero-order valence-electron chi connectivity index (χ0n) is 7.17. The third-order valence-electron chi connectivity index (χ3n) is 2.26. The maximum Gasteiger partial charge on any atom is 0.221 e. The molecule has 1 rings (SSSR count). The first-order valence-electron chi connectivity index (χ1n) is 4.22. The molecule has 4 nitrogen and oxygen atoms in total. The first kappa shape index (κ1) is 9.03. The number of rotatable bonds is 2. The van der Waals surface area contributed by atoms with Crippen LogP contribution in [0.4, 0.5) is 0 Å². The lowest BCUT2D eigenvalue weighted by molar-refractivity contribution is -0.131. The fourth-order valence-electron chi connectivity index (χ4n) is 1.48. The number of carbonyl (C=O) groups excluding carboxylic acids is 2. The van der Waals surface area contributed by atoms with E-state index in [0.29, 0.717) is 6.42 Å². The molecule has 4 heteroatoms. The number of carbonyl (C=O) groups is 2. The van der Waals surface area contributed by atoms with Crippen molar-refractivity contribution in [2.45, 2.75) is 32.2 Å². The van der Waals surface area contributed by atoms with Crippen LogP contribution in [0.25, 0.3) is 0 Å². The van der Waals surface area contributed by atoms with E-state index < -0.39 is 0 Å². The summed E-state index contributed by atoms with van der Waals surface area (Å²) in [5.74, 6) is -0.677. The Kier molecular flexibility index (Phi) is 2.68. The summed E-state index contributed by atoms with van der Waals surface area (Å²) in [7, 11) is 0. The van der Waals surface area contributed by atoms with Crippen LogP contribution >= 0.6 is 0 Å². The second-order valence-electron chi connectivity index (χ2n) is 3.21. The third-order valence-corrected chi connectivity index (χ3v) is 2.26. The average Bonchev–Trinajstić information content (AvgIpc) is 2.03. The summed E-state index contributed by atoms with van der Waals surface area (Å²) in [4.78, 5) is 21.8. The molecule has 3 N–H and O–H groups in total. The minimum Gasteiger partial charge on any atom is -0.369 e. The Balaban J connectivity index is 2.56. The molecule has 1 heterocycles. The summed E-state index contributed by atoms with van der Waals surface area (Å²) in [6, 6.07) is 0.128. The van der Waals surface area contributed by atoms with Crippen LogP contribution in [0.5, 0.6) is 0 Å². The number of hydrogen-bond acceptors (Lipinski definition) is 2. The molecule has 68 valence electrons. The van der Waals surface area contributed by atoms with E-state index in [0.717, 1.165) is 6.42 Å². The van der Waals surface area contributed by atoms with Crippen molar-refractivity contribution in [3.63, 3.8) is 0 Å². The molecule has 0 bridgehead atoms. The molecular weight excluding hydrogens is 156 g/mol. The van der Waals surface area contributed by atoms with E-state index in [2.05, 4.69) is 5.32 Å². The van der Waals surface area contributed by atoms with Crippen LogP contribution in [-0.2, 0) is 9.59 Å². The van der Waals surface area contributed by atoms with Gasteiger partial charge in [0.25, 0.3) is 0 Å². The molecule has 0 aromatic carbocycles. The largest absolute Gasteiger partial charge is 0.369 e. The summed E-state index contributed by atoms with van der Waals surface area (Å²) >= 11 is 0. The average molecular weight is 170 g/mol. The van der Waals surface area contributed by atoms with Crippen molar-refractivity contribution in [2.24, 2.45) is 11.7 Å². The molecule has 0 saturated carbocycles. The van der Waals surface area contributed by atoms with Gasteiger partial charge in [-0.05, 0) is 12.8 Å². The van der Waals surface area contributed by atoms with E-state index in [1.165, 1.54) is 0 Å². The number of piperidine rings is 1. The summed E-state index contributed by atoms with van der Waals surface area (Å²) in [6.07, 6.45) is 1.80. The summed E-state index contributed by atoms with van der Waals surface area (Å²) < 4.78 is 0. The highest BCUT2D eigenvalue weighted by Gasteiger charge is 2.28. The summed E-state index contributed by atoms with van der Waals surface area (Å²) in [5, 5.41) is 2.80. The minimum atomic E-state index is -0.358. The Labute approximate surface area is 71.5 Å². The molecule has 2 amide bonds. The predicted octanol–water partition coefficient (Wildman–Crippen LogP) is -0.223. The van der Waals surface area contributed by atoms with Gasteiger partial charge in [-0.2, -0.15) is 0 Å². The molecule has 1 saturated heterocycles. The fraction of sp³-hybridized carbons (Fsp3) is 0.750. The molecule has 2 atom stereocenters. The Morgan fingerprint density at radius 2 is 2.42 bits per heavy atom. The van der Waals surface area contributed by atoms with Gasteiger partial charge in [-0.3, -0.25) is 9.59 Å². The standard InChI is InChI=1S/C8H14N2O2/c1-2-6-3-5(8(9)12)4-7(11)10-6/h5-6H,2-4H2,1H3,(H2,9,12)(H,10,11). The van der Waals surface area contributed by atoms with E-state index in [1.807, 2.05) is 6.92 Å². The van der Waals surface area contributed by atoms with Crippen LogP contribution < -0.4 is 11.1 Å². The SMILES string of the molecule is CCC1CC(C(N)=O)CC(=O)N1. The lowest BCUT2D eigenvalue weighted by Gasteiger charge is -2.27. The number of nitrogens with two attached hydrogens (primary N) is 1. The van der Waals surface area contributed by atoms with Gasteiger partial charge in [0.05, 0.1) is 0 Å². The molecule has 2 unspecified atom stereocenters. The molecule has 0 spiro atoms. The van der Waals surface area contributed by atoms with Gasteiger partial charge in [-0.1, -0.05) is 6.92 Å². The van der Waals surface area contributed by atoms with Crippen LogP contribution in [0.1, 0.15) is 26.2 Å². The van der Waals surface area contributed by atoms with Crippen molar-refractivity contribution in [3.8, 4) is 0 Å². The van der Waals surface area contributed by atoms with E-state index in [9.17, 15) is 9.59 Å². The van der Waals surface area contributed by atoms with Gasteiger partial charge in [0, 0.05) is 18.4 Å². The van der Waals surface area contributed by atoms with Crippen molar-refractivity contribution in [1.82, 2.24) is 5.32 Å². The summed E-state index contributed by atoms with van der Waals surface area (Å²) in [6.45, 7) is 1.98. The lowest BCUT2D eigenvalue weighted by Crippen LogP contribution is -2.45. The molecule has 0 radical (unpaired) electrons. The summed E-state index contributed by atoms with van der Waals surface area (Å²) in [5.41, 5.74) is 5.13. The predicted molar refractivity (Wildman–Crippen MR) is 44.1 cm³/mol. The highest BCUT2D eigenvalue weighted by atomic mass is 16.2. The number of primary amides is 1. The smallest absolute Gasteiger partial charge is 0.221 e. The van der Waals surface area contributed by atoms with Gasteiger partial charge in [0.15, 0.2) is 0 Å². The number of hydrogen-bond donors (Lipinski definition) is 2. The topological polar surface area (TPSA) is 72.2 Å². The quantitative estimate of drug-likeness (QED) is 0.601. The molecule has 0 aliphatic carbocycles. The maximum absolute atomic E-state index is 11.0. The van der Waals surface area contributed by atoms with E-state index >= 15 is 0 Å². The van der Waals surface area contributed by atoms with E-state index in [-0.39, 0.29) is 30.2 Å². The Morgan fingerprint density at radius 1 is 1.75 bits per heavy atom. The van der Waals surface area contributed by atoms with Gasteiger partial charge in [-0.25, -0.2) is 0 Å². The molecule has 1 aliphatic rings. The van der Waals surface area contributed by atoms with Crippen LogP contribution in [0.15, 0.2) is 0 Å². The Bertz CT molecular complexity index is 203. The molecule has 0 aromatic heterocycles. The van der Waals surface area contributed by atoms with Crippen LogP contribution in [0.3, 0.4) is 0 Å². The zero-order valence-corrected chi connectivity index (χ0v) is 7.17. The van der Waals surface area contributed by atoms with E-state index in [4.69, 9.17) is 5.73 Å². The van der Waals surface area contributed by atoms with Crippen LogP contribution in [0.2, 0.25) is 0 Å². The Morgan fingerprint density at radius 3 is 2.92 bits per heavy atom. The molecule has 12 heavy (non-hydrogen) atoms. The third kappa shape index (κ3) is 1.96. The number of amides is 2. The first-order chi connectivity index (χ1) is 5.63. The first-order valence-corrected chi connectivity index (χ1v) is 4.22. The maximum atomic E-state index is 11.0. The lowest BCUT2D eigenvalue weighted by atomic mass is 9.90. The van der Waals surface area contributed by atoms with Crippen molar-refractivity contribution in [1.29, 1.82) is 0 Å². The molecule has 1 aliphatic heterocycles. The van der Waals surface area contributed by atoms with Crippen molar-refractivity contribution in [3.05, 3.63) is 0 Å². The minimum absolute atomic E-state index is 0.0584. The van der Waals surface area contributed by atoms with Gasteiger partial charge >= 0.3 is 0 Å². The molecular formula is C8H14N2O2. The Hall–Kier alpha value is -1.06. The van der Waals surface area contributed by atoms with Gasteiger partial charge in [-0.15, -0.1) is 0 Å². The molecule has 0 aromatic rings. The van der Waals surface area contributed by atoms with Crippen molar-refractivity contribution in [2.75, 3.05) is 0 Å². The van der Waals surface area contributed by atoms with E-state index in [1.54, 1.807) is 0 Å². The fourth-order valence-corrected chi connectivity index (χ4v) is 1.48. The van der Waals surface area contributed by atoms with Crippen molar-refractivity contribution < 1.29 is 9.59 Å². The molecule has 1 fully saturated rings. The highest BCUT2D eigenvalue weighted by Crippen LogP contribution is 2.17. The number of nitrogens with one attached hydrogen (secondary N) is 1. The normalized spacial score (nSPS) is 29.6. The highest BCUT2D eigenvalue weighted by molar-refractivity contribution is 5.86. The van der Waals surface area contributed by atoms with Gasteiger partial charge in [0.1, 0.15) is 0 Å². The van der Waals surface area contributed by atoms with Gasteiger partial charge < -0.3 is 11.1 Å². The second-order valence-corrected chi connectivity index (χ2v) is 3.21.